The smallest absolute Gasteiger partial charge is 0.115 e. The van der Waals surface area contributed by atoms with E-state index in [0.717, 1.165) is 6.42 Å². The summed E-state index contributed by atoms with van der Waals surface area (Å²) in [5.41, 5.74) is 1.22. The maximum Gasteiger partial charge on any atom is 0.115 e. The zero-order valence-corrected chi connectivity index (χ0v) is 6.20. The number of allylic oxidation sites excluding steroid dienone is 2. The minimum Gasteiger partial charge on any atom is -0.508 e. The molecule has 1 aromatic carbocycles. The summed E-state index contributed by atoms with van der Waals surface area (Å²) in [5, 5.41) is 9.16. The lowest BCUT2D eigenvalue weighted by Gasteiger charge is -2.17. The van der Waals surface area contributed by atoms with E-state index >= 15 is 0 Å². The average molecular weight is 146 g/mol. The summed E-state index contributed by atoms with van der Waals surface area (Å²) in [4.78, 5) is 0. The van der Waals surface area contributed by atoms with Gasteiger partial charge in [-0.3, -0.25) is 0 Å². The van der Waals surface area contributed by atoms with Crippen LogP contribution < -0.4 is 0 Å². The van der Waals surface area contributed by atoms with Crippen LogP contribution in [0.5, 0.6) is 5.75 Å². The van der Waals surface area contributed by atoms with Gasteiger partial charge in [-0.2, -0.15) is 0 Å². The third kappa shape index (κ3) is 1.14. The predicted molar refractivity (Wildman–Crippen MR) is 44.6 cm³/mol. The fraction of sp³-hybridized carbons (Fsp3) is 0.200. The van der Waals surface area contributed by atoms with Gasteiger partial charge in [0.15, 0.2) is 0 Å². The van der Waals surface area contributed by atoms with Crippen LogP contribution >= 0.6 is 0 Å². The van der Waals surface area contributed by atoms with Gasteiger partial charge in [-0.15, -0.1) is 0 Å². The molecule has 2 rings (SSSR count). The molecule has 0 spiro atoms. The molecule has 0 saturated heterocycles. The lowest BCUT2D eigenvalue weighted by atomic mass is 9.88. The highest BCUT2D eigenvalue weighted by Crippen LogP contribution is 2.30. The molecule has 11 heavy (non-hydrogen) atoms. The van der Waals surface area contributed by atoms with Gasteiger partial charge in [-0.1, -0.05) is 24.3 Å². The van der Waals surface area contributed by atoms with E-state index in [0.29, 0.717) is 11.7 Å². The zero-order chi connectivity index (χ0) is 7.68. The maximum atomic E-state index is 9.16. The predicted octanol–water partition coefficient (Wildman–Crippen LogP) is 2.44. The van der Waals surface area contributed by atoms with Crippen LogP contribution in [0.2, 0.25) is 0 Å². The Kier molecular flexibility index (Phi) is 1.42. The molecular formula is C10H10O. The van der Waals surface area contributed by atoms with Crippen molar-refractivity contribution in [2.24, 2.45) is 0 Å². The molecular weight excluding hydrogens is 136 g/mol. The molecule has 0 aromatic heterocycles. The van der Waals surface area contributed by atoms with Gasteiger partial charge in [0.05, 0.1) is 0 Å². The number of benzene rings is 1. The van der Waals surface area contributed by atoms with Crippen LogP contribution in [0.1, 0.15) is 17.9 Å². The van der Waals surface area contributed by atoms with Crippen molar-refractivity contribution in [3.8, 4) is 5.75 Å². The molecule has 1 nitrogen and oxygen atoms in total. The Hall–Kier alpha value is -1.24. The van der Waals surface area contributed by atoms with E-state index in [1.807, 2.05) is 18.2 Å². The van der Waals surface area contributed by atoms with Crippen molar-refractivity contribution in [1.82, 2.24) is 0 Å². The fourth-order valence-electron chi connectivity index (χ4n) is 1.27. The summed E-state index contributed by atoms with van der Waals surface area (Å²) in [6.45, 7) is 0. The number of hydrogen-bond acceptors (Lipinski definition) is 1. The van der Waals surface area contributed by atoms with Crippen molar-refractivity contribution < 1.29 is 5.11 Å². The first kappa shape index (κ1) is 6.47. The lowest BCUT2D eigenvalue weighted by Crippen LogP contribution is -1.99. The van der Waals surface area contributed by atoms with Crippen LogP contribution in [0.25, 0.3) is 0 Å². The summed E-state index contributed by atoms with van der Waals surface area (Å²) >= 11 is 0. The minimum absolute atomic E-state index is 0.364. The van der Waals surface area contributed by atoms with E-state index in [1.165, 1.54) is 5.56 Å². The molecule has 1 heteroatoms. The van der Waals surface area contributed by atoms with Gasteiger partial charge in [0.2, 0.25) is 0 Å². The first-order valence-electron chi connectivity index (χ1n) is 3.82. The van der Waals surface area contributed by atoms with Crippen LogP contribution in [0, 0.1) is 0 Å². The van der Waals surface area contributed by atoms with Gasteiger partial charge in [0.1, 0.15) is 5.75 Å². The fourth-order valence-corrected chi connectivity index (χ4v) is 1.27. The second-order valence-corrected chi connectivity index (χ2v) is 2.87. The van der Waals surface area contributed by atoms with E-state index in [1.54, 1.807) is 6.07 Å². The summed E-state index contributed by atoms with van der Waals surface area (Å²) in [5.74, 6) is 0.907. The first-order valence-corrected chi connectivity index (χ1v) is 3.82. The van der Waals surface area contributed by atoms with Crippen LogP contribution in [0.4, 0.5) is 0 Å². The van der Waals surface area contributed by atoms with Gasteiger partial charge in [0, 0.05) is 5.92 Å². The Morgan fingerprint density at radius 1 is 1.36 bits per heavy atom. The standard InChI is InChI=1S/C10H10O/c11-10-6-2-5-9(7-10)8-3-1-4-8/h1-3,5-8,11H,4H2. The van der Waals surface area contributed by atoms with Gasteiger partial charge >= 0.3 is 0 Å². The molecule has 0 amide bonds. The molecule has 0 aliphatic heterocycles. The van der Waals surface area contributed by atoms with Crippen molar-refractivity contribution in [2.75, 3.05) is 0 Å². The van der Waals surface area contributed by atoms with E-state index in [2.05, 4.69) is 12.2 Å². The summed E-state index contributed by atoms with van der Waals surface area (Å²) < 4.78 is 0. The van der Waals surface area contributed by atoms with Crippen LogP contribution in [-0.4, -0.2) is 5.11 Å². The number of aromatic hydroxyl groups is 1. The zero-order valence-electron chi connectivity index (χ0n) is 6.20. The highest BCUT2D eigenvalue weighted by atomic mass is 16.3. The van der Waals surface area contributed by atoms with Gasteiger partial charge in [-0.05, 0) is 24.1 Å². The molecule has 0 saturated carbocycles. The first-order chi connectivity index (χ1) is 5.36. The topological polar surface area (TPSA) is 20.2 Å². The molecule has 1 aromatic rings. The molecule has 1 atom stereocenters. The van der Waals surface area contributed by atoms with Crippen molar-refractivity contribution in [2.45, 2.75) is 12.3 Å². The van der Waals surface area contributed by atoms with E-state index in [-0.39, 0.29) is 0 Å². The Morgan fingerprint density at radius 2 is 2.18 bits per heavy atom. The number of hydrogen-bond donors (Lipinski definition) is 1. The largest absolute Gasteiger partial charge is 0.508 e. The molecule has 1 N–H and O–H groups in total. The number of phenols is 1. The maximum absolute atomic E-state index is 9.16. The Bertz CT molecular complexity index is 289. The van der Waals surface area contributed by atoms with Crippen LogP contribution in [0.3, 0.4) is 0 Å². The Balaban J connectivity index is 2.30. The lowest BCUT2D eigenvalue weighted by molar-refractivity contribution is 0.474. The van der Waals surface area contributed by atoms with E-state index < -0.39 is 0 Å². The molecule has 0 radical (unpaired) electrons. The Morgan fingerprint density at radius 3 is 2.73 bits per heavy atom. The Labute approximate surface area is 66.0 Å². The quantitative estimate of drug-likeness (QED) is 0.603. The van der Waals surface area contributed by atoms with Crippen LogP contribution in [0.15, 0.2) is 36.4 Å². The molecule has 1 aliphatic carbocycles. The summed E-state index contributed by atoms with van der Waals surface area (Å²) in [6.07, 6.45) is 5.42. The normalized spacial score (nSPS) is 21.3. The van der Waals surface area contributed by atoms with Crippen molar-refractivity contribution in [1.29, 1.82) is 0 Å². The minimum atomic E-state index is 0.364. The molecule has 56 valence electrons. The SMILES string of the molecule is Oc1cccc(C2C=CC2)c1. The molecule has 1 aliphatic rings. The molecule has 0 heterocycles. The number of rotatable bonds is 1. The monoisotopic (exact) mass is 146 g/mol. The summed E-state index contributed by atoms with van der Waals surface area (Å²) in [6, 6.07) is 7.46. The molecule has 1 unspecified atom stereocenters. The highest BCUT2D eigenvalue weighted by Gasteiger charge is 2.12. The van der Waals surface area contributed by atoms with Crippen molar-refractivity contribution in [3.05, 3.63) is 42.0 Å². The third-order valence-electron chi connectivity index (χ3n) is 2.06. The average Bonchev–Trinajstić information content (AvgIpc) is 1.83. The third-order valence-corrected chi connectivity index (χ3v) is 2.06. The number of phenolic OH excluding ortho intramolecular Hbond substituents is 1. The van der Waals surface area contributed by atoms with E-state index in [4.69, 9.17) is 5.11 Å². The molecule has 0 fully saturated rings. The van der Waals surface area contributed by atoms with Gasteiger partial charge in [-0.25, -0.2) is 0 Å². The summed E-state index contributed by atoms with van der Waals surface area (Å²) in [7, 11) is 0. The van der Waals surface area contributed by atoms with E-state index in [9.17, 15) is 0 Å². The van der Waals surface area contributed by atoms with Gasteiger partial charge < -0.3 is 5.11 Å². The second kappa shape index (κ2) is 2.42. The van der Waals surface area contributed by atoms with Crippen molar-refractivity contribution in [3.63, 3.8) is 0 Å². The van der Waals surface area contributed by atoms with Crippen molar-refractivity contribution >= 4 is 0 Å². The van der Waals surface area contributed by atoms with Gasteiger partial charge in [0.25, 0.3) is 0 Å². The molecule has 0 bridgehead atoms. The second-order valence-electron chi connectivity index (χ2n) is 2.87. The highest BCUT2D eigenvalue weighted by molar-refractivity contribution is 5.34. The van der Waals surface area contributed by atoms with Crippen LogP contribution in [-0.2, 0) is 0 Å².